The van der Waals surface area contributed by atoms with Gasteiger partial charge in [-0.2, -0.15) is 0 Å². The first kappa shape index (κ1) is 12.2. The van der Waals surface area contributed by atoms with E-state index in [-0.39, 0.29) is 6.10 Å². The van der Waals surface area contributed by atoms with E-state index in [0.717, 1.165) is 19.3 Å². The van der Waals surface area contributed by atoms with Gasteiger partial charge < -0.3 is 9.84 Å². The summed E-state index contributed by atoms with van der Waals surface area (Å²) in [4.78, 5) is 11.1. The van der Waals surface area contributed by atoms with Crippen LogP contribution in [-0.2, 0) is 4.79 Å². The lowest BCUT2D eigenvalue weighted by Crippen LogP contribution is -2.35. The van der Waals surface area contributed by atoms with Gasteiger partial charge in [0.15, 0.2) is 0 Å². The molecular formula is C13H15ClO3. The van der Waals surface area contributed by atoms with E-state index in [0.29, 0.717) is 17.2 Å². The standard InChI is InChI=1S/C13H15ClO3/c14-9-4-3-5-10(8-9)17-12-7-2-1-6-11(12)13(15)16/h3-5,8,11-12H,1-2,6-7H2,(H,15,16). The summed E-state index contributed by atoms with van der Waals surface area (Å²) in [5.74, 6) is -0.518. The van der Waals surface area contributed by atoms with Crippen LogP contribution in [-0.4, -0.2) is 17.2 Å². The van der Waals surface area contributed by atoms with Crippen molar-refractivity contribution in [1.29, 1.82) is 0 Å². The Kier molecular flexibility index (Phi) is 3.89. The number of halogens is 1. The normalized spacial score (nSPS) is 24.3. The first-order valence-corrected chi connectivity index (χ1v) is 6.19. The molecule has 1 saturated carbocycles. The van der Waals surface area contributed by atoms with Crippen LogP contribution in [0.5, 0.6) is 5.75 Å². The quantitative estimate of drug-likeness (QED) is 0.900. The molecule has 0 aromatic heterocycles. The molecule has 1 aromatic carbocycles. The smallest absolute Gasteiger partial charge is 0.310 e. The van der Waals surface area contributed by atoms with E-state index in [2.05, 4.69) is 0 Å². The van der Waals surface area contributed by atoms with Crippen molar-refractivity contribution >= 4 is 17.6 Å². The van der Waals surface area contributed by atoms with Gasteiger partial charge in [-0.05, 0) is 37.5 Å². The highest BCUT2D eigenvalue weighted by Gasteiger charge is 2.32. The second kappa shape index (κ2) is 5.41. The Hall–Kier alpha value is -1.22. The Bertz CT molecular complexity index is 405. The van der Waals surface area contributed by atoms with E-state index >= 15 is 0 Å². The van der Waals surface area contributed by atoms with Crippen molar-refractivity contribution in [1.82, 2.24) is 0 Å². The minimum atomic E-state index is -0.767. The summed E-state index contributed by atoms with van der Waals surface area (Å²) >= 11 is 5.87. The van der Waals surface area contributed by atoms with Crippen LogP contribution < -0.4 is 4.74 Å². The predicted molar refractivity (Wildman–Crippen MR) is 65.5 cm³/mol. The van der Waals surface area contributed by atoms with E-state index in [1.165, 1.54) is 0 Å². The summed E-state index contributed by atoms with van der Waals surface area (Å²) < 4.78 is 5.74. The van der Waals surface area contributed by atoms with Gasteiger partial charge in [-0.3, -0.25) is 4.79 Å². The molecule has 0 radical (unpaired) electrons. The molecule has 0 amide bonds. The molecule has 2 unspecified atom stereocenters. The molecule has 3 nitrogen and oxygen atoms in total. The third kappa shape index (κ3) is 3.13. The fourth-order valence-corrected chi connectivity index (χ4v) is 2.42. The Morgan fingerprint density at radius 3 is 2.82 bits per heavy atom. The number of rotatable bonds is 3. The molecule has 0 spiro atoms. The van der Waals surface area contributed by atoms with Crippen LogP contribution in [0.3, 0.4) is 0 Å². The maximum atomic E-state index is 11.1. The number of hydrogen-bond acceptors (Lipinski definition) is 2. The number of aliphatic carboxylic acids is 1. The predicted octanol–water partition coefficient (Wildman–Crippen LogP) is 3.36. The van der Waals surface area contributed by atoms with Gasteiger partial charge in [0.25, 0.3) is 0 Å². The molecule has 1 fully saturated rings. The molecule has 1 aromatic rings. The van der Waals surface area contributed by atoms with Crippen LogP contribution in [0, 0.1) is 5.92 Å². The largest absolute Gasteiger partial charge is 0.489 e. The van der Waals surface area contributed by atoms with Gasteiger partial charge in [-0.1, -0.05) is 24.1 Å². The first-order chi connectivity index (χ1) is 8.16. The van der Waals surface area contributed by atoms with Gasteiger partial charge in [0.05, 0.1) is 5.92 Å². The highest BCUT2D eigenvalue weighted by Crippen LogP contribution is 2.29. The van der Waals surface area contributed by atoms with Gasteiger partial charge in [0, 0.05) is 5.02 Å². The van der Waals surface area contributed by atoms with Crippen molar-refractivity contribution in [3.8, 4) is 5.75 Å². The Morgan fingerprint density at radius 1 is 1.35 bits per heavy atom. The maximum absolute atomic E-state index is 11.1. The summed E-state index contributed by atoms with van der Waals surface area (Å²) in [6.45, 7) is 0. The molecule has 1 aliphatic rings. The fourth-order valence-electron chi connectivity index (χ4n) is 2.24. The molecule has 4 heteroatoms. The van der Waals surface area contributed by atoms with Crippen LogP contribution in [0.15, 0.2) is 24.3 Å². The van der Waals surface area contributed by atoms with E-state index in [1.54, 1.807) is 24.3 Å². The zero-order valence-electron chi connectivity index (χ0n) is 9.43. The topological polar surface area (TPSA) is 46.5 Å². The Balaban J connectivity index is 2.08. The number of benzene rings is 1. The summed E-state index contributed by atoms with van der Waals surface area (Å²) in [5, 5.41) is 9.74. The lowest BCUT2D eigenvalue weighted by atomic mass is 9.86. The van der Waals surface area contributed by atoms with Gasteiger partial charge >= 0.3 is 5.97 Å². The average molecular weight is 255 g/mol. The molecule has 1 aliphatic carbocycles. The van der Waals surface area contributed by atoms with Crippen molar-refractivity contribution in [3.05, 3.63) is 29.3 Å². The molecule has 17 heavy (non-hydrogen) atoms. The number of ether oxygens (including phenoxy) is 1. The van der Waals surface area contributed by atoms with E-state index in [9.17, 15) is 4.79 Å². The van der Waals surface area contributed by atoms with Crippen LogP contribution >= 0.6 is 11.6 Å². The minimum absolute atomic E-state index is 0.236. The van der Waals surface area contributed by atoms with Crippen molar-refractivity contribution in [2.45, 2.75) is 31.8 Å². The molecule has 2 atom stereocenters. The summed E-state index contributed by atoms with van der Waals surface area (Å²) in [6.07, 6.45) is 3.24. The number of hydrogen-bond donors (Lipinski definition) is 1. The summed E-state index contributed by atoms with van der Waals surface area (Å²) in [6, 6.07) is 7.09. The zero-order valence-corrected chi connectivity index (χ0v) is 10.2. The van der Waals surface area contributed by atoms with E-state index in [4.69, 9.17) is 21.4 Å². The molecular weight excluding hydrogens is 240 g/mol. The second-order valence-electron chi connectivity index (χ2n) is 4.34. The van der Waals surface area contributed by atoms with E-state index in [1.807, 2.05) is 0 Å². The van der Waals surface area contributed by atoms with Crippen LogP contribution in [0.1, 0.15) is 25.7 Å². The van der Waals surface area contributed by atoms with Crippen molar-refractivity contribution in [2.75, 3.05) is 0 Å². The van der Waals surface area contributed by atoms with Crippen molar-refractivity contribution in [2.24, 2.45) is 5.92 Å². The highest BCUT2D eigenvalue weighted by atomic mass is 35.5. The fraction of sp³-hybridized carbons (Fsp3) is 0.462. The Labute approximate surface area is 105 Å². The average Bonchev–Trinajstić information content (AvgIpc) is 2.29. The van der Waals surface area contributed by atoms with Gasteiger partial charge in [-0.25, -0.2) is 0 Å². The zero-order chi connectivity index (χ0) is 12.3. The third-order valence-corrected chi connectivity index (χ3v) is 3.34. The highest BCUT2D eigenvalue weighted by molar-refractivity contribution is 6.30. The molecule has 0 aliphatic heterocycles. The van der Waals surface area contributed by atoms with Crippen LogP contribution in [0.2, 0.25) is 5.02 Å². The monoisotopic (exact) mass is 254 g/mol. The van der Waals surface area contributed by atoms with Gasteiger partial charge in [0.2, 0.25) is 0 Å². The maximum Gasteiger partial charge on any atom is 0.310 e. The van der Waals surface area contributed by atoms with Gasteiger partial charge in [-0.15, -0.1) is 0 Å². The SMILES string of the molecule is O=C(O)C1CCCCC1Oc1cccc(Cl)c1. The minimum Gasteiger partial charge on any atom is -0.489 e. The molecule has 0 bridgehead atoms. The molecule has 1 N–H and O–H groups in total. The van der Waals surface area contributed by atoms with E-state index < -0.39 is 11.9 Å². The lowest BCUT2D eigenvalue weighted by Gasteiger charge is -2.29. The molecule has 2 rings (SSSR count). The third-order valence-electron chi connectivity index (χ3n) is 3.10. The molecule has 0 heterocycles. The Morgan fingerprint density at radius 2 is 2.12 bits per heavy atom. The summed E-state index contributed by atoms with van der Waals surface area (Å²) in [7, 11) is 0. The number of carboxylic acids is 1. The van der Waals surface area contributed by atoms with Gasteiger partial charge in [0.1, 0.15) is 11.9 Å². The van der Waals surface area contributed by atoms with Crippen LogP contribution in [0.4, 0.5) is 0 Å². The number of carbonyl (C=O) groups is 1. The van der Waals surface area contributed by atoms with Crippen molar-refractivity contribution in [3.63, 3.8) is 0 Å². The summed E-state index contributed by atoms with van der Waals surface area (Å²) in [5.41, 5.74) is 0. The van der Waals surface area contributed by atoms with Crippen molar-refractivity contribution < 1.29 is 14.6 Å². The van der Waals surface area contributed by atoms with Crippen LogP contribution in [0.25, 0.3) is 0 Å². The number of carboxylic acid groups (broad SMARTS) is 1. The lowest BCUT2D eigenvalue weighted by molar-refractivity contribution is -0.146. The molecule has 0 saturated heterocycles. The molecule has 92 valence electrons. The first-order valence-electron chi connectivity index (χ1n) is 5.82. The second-order valence-corrected chi connectivity index (χ2v) is 4.78.